The van der Waals surface area contributed by atoms with Crippen LogP contribution in [0.5, 0.6) is 0 Å². The lowest BCUT2D eigenvalue weighted by Crippen LogP contribution is -2.48. The first-order valence-corrected chi connectivity index (χ1v) is 13.6. The minimum atomic E-state index is -0.781. The maximum Gasteiger partial charge on any atom is 0.228 e. The third kappa shape index (κ3) is 5.43. The Kier molecular flexibility index (Phi) is 7.47. The zero-order valence-electron chi connectivity index (χ0n) is 20.1. The summed E-state index contributed by atoms with van der Waals surface area (Å²) >= 11 is -0.781. The molecule has 0 amide bonds. The summed E-state index contributed by atoms with van der Waals surface area (Å²) in [6.07, 6.45) is 1.58. The molecule has 0 unspecified atom stereocenters. The fraction of sp³-hybridized carbons (Fsp3) is 0.500. The number of β-amino-alcohol motifs (C(OH)–C–C–N with tert-alkyl or cyclic N) is 1. The first-order valence-electron chi connectivity index (χ1n) is 12.1. The first-order chi connectivity index (χ1) is 17.1. The molecule has 2 saturated heterocycles. The minimum Gasteiger partial charge on any atom is -0.616 e. The largest absolute Gasteiger partial charge is 0.616 e. The van der Waals surface area contributed by atoms with E-state index in [2.05, 4.69) is 41.7 Å². The smallest absolute Gasteiger partial charge is 0.228 e. The van der Waals surface area contributed by atoms with Crippen LogP contribution >= 0.6 is 0 Å². The van der Waals surface area contributed by atoms with Gasteiger partial charge in [0.15, 0.2) is 11.6 Å². The zero-order chi connectivity index (χ0) is 24.2. The predicted octanol–water partition coefficient (Wildman–Crippen LogP) is 0.739. The van der Waals surface area contributed by atoms with Gasteiger partial charge in [0.1, 0.15) is 28.9 Å². The van der Waals surface area contributed by atoms with Crippen molar-refractivity contribution in [1.29, 1.82) is 0 Å². The predicted molar refractivity (Wildman–Crippen MR) is 140 cm³/mol. The molecule has 0 saturated carbocycles. The van der Waals surface area contributed by atoms with Crippen molar-refractivity contribution in [2.75, 3.05) is 85.7 Å². The number of hydrogen-bond donors (Lipinski definition) is 1. The van der Waals surface area contributed by atoms with E-state index in [1.54, 1.807) is 6.33 Å². The molecule has 35 heavy (non-hydrogen) atoms. The van der Waals surface area contributed by atoms with Crippen LogP contribution in [0.1, 0.15) is 5.56 Å². The van der Waals surface area contributed by atoms with Gasteiger partial charge in [-0.25, -0.2) is 15.0 Å². The molecule has 1 N–H and O–H groups in total. The van der Waals surface area contributed by atoms with Gasteiger partial charge in [0, 0.05) is 46.3 Å². The van der Waals surface area contributed by atoms with Gasteiger partial charge in [-0.2, -0.15) is 4.98 Å². The molecule has 0 aliphatic carbocycles. The SMILES string of the molecule is CN(Cc1ccccc1)c1ncnc2c(N3CC[S+]([O-])CC3)nc(N3CCN(CCO)CC3)nc12. The summed E-state index contributed by atoms with van der Waals surface area (Å²) in [7, 11) is 2.02. The van der Waals surface area contributed by atoms with Crippen molar-refractivity contribution in [2.24, 2.45) is 0 Å². The average molecular weight is 497 g/mol. The van der Waals surface area contributed by atoms with Crippen molar-refractivity contribution < 1.29 is 9.66 Å². The second-order valence-corrected chi connectivity index (χ2v) is 10.7. The number of nitrogens with zero attached hydrogens (tertiary/aromatic N) is 8. The Hall–Kier alpha value is -2.73. The summed E-state index contributed by atoms with van der Waals surface area (Å²) in [5.74, 6) is 3.49. The fourth-order valence-electron chi connectivity index (χ4n) is 4.64. The molecule has 0 bridgehead atoms. The molecule has 186 valence electrons. The summed E-state index contributed by atoms with van der Waals surface area (Å²) in [5.41, 5.74) is 2.65. The van der Waals surface area contributed by atoms with Crippen molar-refractivity contribution in [2.45, 2.75) is 6.54 Å². The van der Waals surface area contributed by atoms with E-state index in [9.17, 15) is 9.66 Å². The summed E-state index contributed by atoms with van der Waals surface area (Å²) in [5, 5.41) is 9.28. The van der Waals surface area contributed by atoms with E-state index in [0.29, 0.717) is 43.6 Å². The number of aliphatic hydroxyl groups is 1. The number of aliphatic hydroxyl groups excluding tert-OH is 1. The molecular weight excluding hydrogens is 464 g/mol. The number of aromatic nitrogens is 4. The molecule has 0 atom stereocenters. The lowest BCUT2D eigenvalue weighted by Gasteiger charge is -2.35. The maximum absolute atomic E-state index is 12.0. The lowest BCUT2D eigenvalue weighted by molar-refractivity contribution is 0.188. The summed E-state index contributed by atoms with van der Waals surface area (Å²) in [6.45, 7) is 6.20. The normalized spacial score (nSPS) is 17.8. The molecule has 0 spiro atoms. The first kappa shape index (κ1) is 24.0. The third-order valence-electron chi connectivity index (χ3n) is 6.61. The van der Waals surface area contributed by atoms with Crippen LogP contribution in [-0.4, -0.2) is 105 Å². The quantitative estimate of drug-likeness (QED) is 0.471. The molecule has 4 heterocycles. The second-order valence-electron chi connectivity index (χ2n) is 8.97. The van der Waals surface area contributed by atoms with E-state index in [-0.39, 0.29) is 6.61 Å². The lowest BCUT2D eigenvalue weighted by atomic mass is 10.2. The molecule has 1 aromatic carbocycles. The standard InChI is InChI=1S/C24H32N8O2S/c1-29(17-19-5-3-2-4-6-19)22-21-20(25-18-26-22)23(31-12-15-35(34)16-13-31)28-24(27-21)32-9-7-30(8-10-32)11-14-33/h2-6,18,33H,7-17H2,1H3. The second kappa shape index (κ2) is 10.9. The van der Waals surface area contributed by atoms with Crippen molar-refractivity contribution in [3.05, 3.63) is 42.2 Å². The van der Waals surface area contributed by atoms with Gasteiger partial charge >= 0.3 is 0 Å². The Labute approximate surface area is 208 Å². The molecule has 10 nitrogen and oxygen atoms in total. The molecule has 2 fully saturated rings. The van der Waals surface area contributed by atoms with Gasteiger partial charge in [0.25, 0.3) is 0 Å². The highest BCUT2D eigenvalue weighted by molar-refractivity contribution is 7.91. The third-order valence-corrected chi connectivity index (χ3v) is 7.88. The highest BCUT2D eigenvalue weighted by Crippen LogP contribution is 2.31. The minimum absolute atomic E-state index is 0.168. The summed E-state index contributed by atoms with van der Waals surface area (Å²) in [4.78, 5) is 28.0. The Morgan fingerprint density at radius 1 is 0.943 bits per heavy atom. The number of piperazine rings is 1. The monoisotopic (exact) mass is 496 g/mol. The highest BCUT2D eigenvalue weighted by atomic mass is 32.2. The number of anilines is 3. The van der Waals surface area contributed by atoms with E-state index < -0.39 is 11.2 Å². The molecule has 2 aromatic heterocycles. The van der Waals surface area contributed by atoms with Crippen molar-refractivity contribution in [1.82, 2.24) is 24.8 Å². The van der Waals surface area contributed by atoms with Crippen LogP contribution in [0.3, 0.4) is 0 Å². The van der Waals surface area contributed by atoms with Crippen molar-refractivity contribution in [3.8, 4) is 0 Å². The van der Waals surface area contributed by atoms with E-state index in [4.69, 9.17) is 9.97 Å². The van der Waals surface area contributed by atoms with Crippen LogP contribution in [0.4, 0.5) is 17.6 Å². The number of benzene rings is 1. The Balaban J connectivity index is 1.52. The number of rotatable bonds is 7. The van der Waals surface area contributed by atoms with Crippen molar-refractivity contribution in [3.63, 3.8) is 0 Å². The fourth-order valence-corrected chi connectivity index (χ4v) is 5.70. The van der Waals surface area contributed by atoms with E-state index >= 15 is 0 Å². The van der Waals surface area contributed by atoms with Crippen LogP contribution in [0.25, 0.3) is 11.0 Å². The van der Waals surface area contributed by atoms with Gasteiger partial charge in [-0.3, -0.25) is 4.90 Å². The van der Waals surface area contributed by atoms with Crippen LogP contribution < -0.4 is 14.7 Å². The Bertz CT molecular complexity index is 1120. The van der Waals surface area contributed by atoms with Crippen molar-refractivity contribution >= 4 is 39.8 Å². The van der Waals surface area contributed by atoms with E-state index in [0.717, 1.165) is 48.8 Å². The highest BCUT2D eigenvalue weighted by Gasteiger charge is 2.27. The molecule has 2 aliphatic heterocycles. The van der Waals surface area contributed by atoms with Gasteiger partial charge in [0.05, 0.1) is 19.7 Å². The van der Waals surface area contributed by atoms with Gasteiger partial charge in [-0.1, -0.05) is 41.5 Å². The maximum atomic E-state index is 12.0. The molecule has 11 heteroatoms. The number of hydrogen-bond acceptors (Lipinski definition) is 10. The van der Waals surface area contributed by atoms with E-state index in [1.807, 2.05) is 25.2 Å². The van der Waals surface area contributed by atoms with E-state index in [1.165, 1.54) is 5.56 Å². The molecular formula is C24H32N8O2S. The number of fused-ring (bicyclic) bond motifs is 1. The van der Waals surface area contributed by atoms with Gasteiger partial charge in [-0.05, 0) is 5.56 Å². The Morgan fingerprint density at radius 2 is 1.69 bits per heavy atom. The van der Waals surface area contributed by atoms with Crippen LogP contribution in [-0.2, 0) is 17.7 Å². The zero-order valence-corrected chi connectivity index (χ0v) is 20.9. The molecule has 3 aromatic rings. The topological polar surface area (TPSA) is 108 Å². The molecule has 0 radical (unpaired) electrons. The molecule has 2 aliphatic rings. The summed E-state index contributed by atoms with van der Waals surface area (Å²) < 4.78 is 12.0. The Morgan fingerprint density at radius 3 is 2.40 bits per heavy atom. The molecule has 5 rings (SSSR count). The van der Waals surface area contributed by atoms with Crippen LogP contribution in [0.2, 0.25) is 0 Å². The van der Waals surface area contributed by atoms with Gasteiger partial charge in [-0.15, -0.1) is 0 Å². The van der Waals surface area contributed by atoms with Gasteiger partial charge in [0.2, 0.25) is 5.95 Å². The van der Waals surface area contributed by atoms with Crippen LogP contribution in [0, 0.1) is 0 Å². The summed E-state index contributed by atoms with van der Waals surface area (Å²) in [6, 6.07) is 10.3. The average Bonchev–Trinajstić information content (AvgIpc) is 2.89. The van der Waals surface area contributed by atoms with Gasteiger partial charge < -0.3 is 24.4 Å². The van der Waals surface area contributed by atoms with Crippen LogP contribution in [0.15, 0.2) is 36.7 Å².